The van der Waals surface area contributed by atoms with Crippen LogP contribution >= 0.6 is 36.2 Å². The van der Waals surface area contributed by atoms with E-state index in [-0.39, 0.29) is 30.2 Å². The molecule has 1 aromatic heterocycles. The number of fused-ring (bicyclic) bond motifs is 1. The monoisotopic (exact) mass is 373 g/mol. The van der Waals surface area contributed by atoms with Gasteiger partial charge in [0.2, 0.25) is 0 Å². The minimum Gasteiger partial charge on any atom is -0.398 e. The minimum absolute atomic E-state index is 0. The van der Waals surface area contributed by atoms with Gasteiger partial charge in [-0.05, 0) is 30.5 Å². The van der Waals surface area contributed by atoms with Crippen molar-refractivity contribution in [3.8, 4) is 0 Å². The van der Waals surface area contributed by atoms with Gasteiger partial charge in [0.15, 0.2) is 0 Å². The maximum atomic E-state index is 6.12. The molecule has 0 fully saturated rings. The molecule has 1 aromatic carbocycles. The number of thiazole rings is 1. The van der Waals surface area contributed by atoms with E-state index in [0.717, 1.165) is 25.2 Å². The molecule has 128 valence electrons. The summed E-state index contributed by atoms with van der Waals surface area (Å²) in [4.78, 5) is 7.23. The molecule has 0 amide bonds. The number of nitrogen functional groups attached to an aromatic ring is 1. The van der Waals surface area contributed by atoms with E-state index >= 15 is 0 Å². The molecule has 0 atom stereocenters. The summed E-state index contributed by atoms with van der Waals surface area (Å²) < 4.78 is 0. The molecule has 6 heteroatoms. The van der Waals surface area contributed by atoms with Gasteiger partial charge in [-0.15, -0.1) is 36.2 Å². The van der Waals surface area contributed by atoms with Crippen molar-refractivity contribution in [2.45, 2.75) is 45.6 Å². The quantitative estimate of drug-likeness (QED) is 0.767. The molecule has 0 unspecified atom stereocenters. The van der Waals surface area contributed by atoms with Gasteiger partial charge in [-0.25, -0.2) is 4.98 Å². The summed E-state index contributed by atoms with van der Waals surface area (Å²) in [5.74, 6) is 0. The third-order valence-electron chi connectivity index (χ3n) is 4.03. The second-order valence-electron chi connectivity index (χ2n) is 6.75. The molecule has 0 radical (unpaired) electrons. The van der Waals surface area contributed by atoms with Crippen LogP contribution < -0.4 is 10.6 Å². The number of rotatable bonds is 2. The standard InChI is InChI=1S/C17H23N3S.2ClH/c1-17(2,3)15-11-21-16(19-15)10-20-9-5-6-12-13(18)7-4-8-14(12)20;;/h4,7-8,11H,5-6,9-10,18H2,1-3H3;2*1H. The van der Waals surface area contributed by atoms with E-state index in [0.29, 0.717) is 0 Å². The van der Waals surface area contributed by atoms with Crippen molar-refractivity contribution in [1.29, 1.82) is 0 Å². The second kappa shape index (κ2) is 7.73. The summed E-state index contributed by atoms with van der Waals surface area (Å²) >= 11 is 1.76. The Balaban J connectivity index is 0.00000132. The summed E-state index contributed by atoms with van der Waals surface area (Å²) in [6.07, 6.45) is 2.25. The number of benzene rings is 1. The normalized spacial score (nSPS) is 13.8. The van der Waals surface area contributed by atoms with E-state index in [9.17, 15) is 0 Å². The van der Waals surface area contributed by atoms with Gasteiger partial charge in [0.05, 0.1) is 12.2 Å². The Morgan fingerprint density at radius 3 is 2.65 bits per heavy atom. The fourth-order valence-electron chi connectivity index (χ4n) is 2.78. The molecule has 0 aliphatic carbocycles. The van der Waals surface area contributed by atoms with Crippen LogP contribution in [-0.2, 0) is 18.4 Å². The zero-order valence-corrected chi connectivity index (χ0v) is 16.3. The molecule has 0 saturated heterocycles. The van der Waals surface area contributed by atoms with Crippen molar-refractivity contribution in [3.63, 3.8) is 0 Å². The molecule has 3 nitrogen and oxygen atoms in total. The number of hydrogen-bond acceptors (Lipinski definition) is 4. The zero-order valence-electron chi connectivity index (χ0n) is 13.8. The number of aromatic nitrogens is 1. The van der Waals surface area contributed by atoms with Gasteiger partial charge in [-0.3, -0.25) is 0 Å². The first-order valence-electron chi connectivity index (χ1n) is 7.52. The van der Waals surface area contributed by atoms with Crippen LogP contribution in [0, 0.1) is 0 Å². The van der Waals surface area contributed by atoms with Crippen molar-refractivity contribution in [2.24, 2.45) is 0 Å². The maximum absolute atomic E-state index is 6.12. The van der Waals surface area contributed by atoms with E-state index in [2.05, 4.69) is 43.2 Å². The molecular weight excluding hydrogens is 349 g/mol. The third kappa shape index (κ3) is 4.31. The summed E-state index contributed by atoms with van der Waals surface area (Å²) in [6.45, 7) is 8.60. The highest BCUT2D eigenvalue weighted by Crippen LogP contribution is 2.33. The number of nitrogens with zero attached hydrogens (tertiary/aromatic N) is 2. The lowest BCUT2D eigenvalue weighted by Gasteiger charge is -2.31. The Labute approximate surface area is 155 Å². The third-order valence-corrected chi connectivity index (χ3v) is 4.86. The molecule has 2 N–H and O–H groups in total. The van der Waals surface area contributed by atoms with Gasteiger partial charge in [0, 0.05) is 28.7 Å². The zero-order chi connectivity index (χ0) is 15.0. The highest BCUT2D eigenvalue weighted by Gasteiger charge is 2.21. The number of anilines is 2. The van der Waals surface area contributed by atoms with Crippen molar-refractivity contribution in [3.05, 3.63) is 39.8 Å². The van der Waals surface area contributed by atoms with Crippen molar-refractivity contribution in [2.75, 3.05) is 17.2 Å². The van der Waals surface area contributed by atoms with Gasteiger partial charge < -0.3 is 10.6 Å². The fourth-order valence-corrected chi connectivity index (χ4v) is 3.82. The first kappa shape index (κ1) is 20.1. The van der Waals surface area contributed by atoms with Crippen LogP contribution in [0.3, 0.4) is 0 Å². The molecule has 23 heavy (non-hydrogen) atoms. The van der Waals surface area contributed by atoms with Crippen molar-refractivity contribution < 1.29 is 0 Å². The number of nitrogens with two attached hydrogens (primary N) is 1. The highest BCUT2D eigenvalue weighted by molar-refractivity contribution is 7.09. The average molecular weight is 374 g/mol. The van der Waals surface area contributed by atoms with Crippen LogP contribution in [0.4, 0.5) is 11.4 Å². The fraction of sp³-hybridized carbons (Fsp3) is 0.471. The van der Waals surface area contributed by atoms with Gasteiger partial charge >= 0.3 is 0 Å². The molecule has 3 rings (SSSR count). The van der Waals surface area contributed by atoms with Gasteiger partial charge in [0.25, 0.3) is 0 Å². The topological polar surface area (TPSA) is 42.1 Å². The lowest BCUT2D eigenvalue weighted by atomic mass is 9.93. The molecule has 0 spiro atoms. The summed E-state index contributed by atoms with van der Waals surface area (Å²) in [5, 5.41) is 3.38. The SMILES string of the molecule is CC(C)(C)c1csc(CN2CCCc3c(N)cccc32)n1.Cl.Cl. The molecular formula is C17H25Cl2N3S. The molecule has 1 aliphatic heterocycles. The number of hydrogen-bond donors (Lipinski definition) is 1. The Hall–Kier alpha value is -0.970. The van der Waals surface area contributed by atoms with E-state index in [4.69, 9.17) is 10.7 Å². The van der Waals surface area contributed by atoms with Crippen molar-refractivity contribution in [1.82, 2.24) is 4.98 Å². The predicted octanol–water partition coefficient (Wildman–Crippen LogP) is 4.82. The summed E-state index contributed by atoms with van der Waals surface area (Å²) in [7, 11) is 0. The smallest absolute Gasteiger partial charge is 0.112 e. The Bertz CT molecular complexity index is 650. The van der Waals surface area contributed by atoms with Gasteiger partial charge in [-0.1, -0.05) is 26.8 Å². The Morgan fingerprint density at radius 2 is 2.00 bits per heavy atom. The number of halogens is 2. The lowest BCUT2D eigenvalue weighted by molar-refractivity contribution is 0.569. The lowest BCUT2D eigenvalue weighted by Crippen LogP contribution is -2.29. The van der Waals surface area contributed by atoms with Crippen LogP contribution in [0.5, 0.6) is 0 Å². The van der Waals surface area contributed by atoms with E-state index in [1.54, 1.807) is 11.3 Å². The molecule has 2 heterocycles. The predicted molar refractivity (Wildman–Crippen MR) is 106 cm³/mol. The van der Waals surface area contributed by atoms with Crippen LogP contribution in [0.25, 0.3) is 0 Å². The average Bonchev–Trinajstić information content (AvgIpc) is 2.89. The van der Waals surface area contributed by atoms with Crippen LogP contribution in [0.1, 0.15) is 43.5 Å². The van der Waals surface area contributed by atoms with Gasteiger partial charge in [-0.2, -0.15) is 0 Å². The summed E-state index contributed by atoms with van der Waals surface area (Å²) in [5.41, 5.74) is 10.9. The highest BCUT2D eigenvalue weighted by atomic mass is 35.5. The second-order valence-corrected chi connectivity index (χ2v) is 7.69. The largest absolute Gasteiger partial charge is 0.398 e. The van der Waals surface area contributed by atoms with E-state index < -0.39 is 0 Å². The van der Waals surface area contributed by atoms with Crippen LogP contribution in [0.15, 0.2) is 23.6 Å². The molecule has 0 saturated carbocycles. The molecule has 1 aliphatic rings. The minimum atomic E-state index is 0. The Kier molecular flexibility index (Phi) is 6.75. The van der Waals surface area contributed by atoms with Gasteiger partial charge in [0.1, 0.15) is 5.01 Å². The maximum Gasteiger partial charge on any atom is 0.112 e. The first-order chi connectivity index (χ1) is 9.95. The first-order valence-corrected chi connectivity index (χ1v) is 8.40. The van der Waals surface area contributed by atoms with E-state index in [1.807, 2.05) is 6.07 Å². The Morgan fingerprint density at radius 1 is 1.26 bits per heavy atom. The molecule has 0 bridgehead atoms. The van der Waals surface area contributed by atoms with Crippen LogP contribution in [0.2, 0.25) is 0 Å². The van der Waals surface area contributed by atoms with Crippen LogP contribution in [-0.4, -0.2) is 11.5 Å². The molecule has 2 aromatic rings. The summed E-state index contributed by atoms with van der Waals surface area (Å²) in [6, 6.07) is 6.24. The van der Waals surface area contributed by atoms with E-state index in [1.165, 1.54) is 28.4 Å². The van der Waals surface area contributed by atoms with Crippen molar-refractivity contribution >= 4 is 47.5 Å².